The molecular formula is C14H24O2. The molecule has 3 aliphatic carbocycles. The van der Waals surface area contributed by atoms with Crippen molar-refractivity contribution in [2.45, 2.75) is 75.4 Å². The second-order valence-electron chi connectivity index (χ2n) is 6.47. The van der Waals surface area contributed by atoms with E-state index in [0.29, 0.717) is 11.8 Å². The van der Waals surface area contributed by atoms with Gasteiger partial charge in [-0.2, -0.15) is 0 Å². The Morgan fingerprint density at radius 1 is 0.688 bits per heavy atom. The maximum Gasteiger partial charge on any atom is 0.0676 e. The first-order valence-corrected chi connectivity index (χ1v) is 7.07. The molecule has 0 unspecified atom stereocenters. The van der Waals surface area contributed by atoms with E-state index in [2.05, 4.69) is 0 Å². The minimum atomic E-state index is -0.371. The smallest absolute Gasteiger partial charge is 0.0676 e. The molecular weight excluding hydrogens is 200 g/mol. The van der Waals surface area contributed by atoms with Crippen molar-refractivity contribution in [3.05, 3.63) is 0 Å². The first kappa shape index (κ1) is 11.0. The first-order valence-electron chi connectivity index (χ1n) is 7.07. The molecule has 0 radical (unpaired) electrons. The second kappa shape index (κ2) is 3.71. The van der Waals surface area contributed by atoms with Gasteiger partial charge in [0.1, 0.15) is 0 Å². The molecule has 0 aromatic heterocycles. The van der Waals surface area contributed by atoms with E-state index in [1.165, 1.54) is 25.7 Å². The van der Waals surface area contributed by atoms with Crippen LogP contribution in [0.25, 0.3) is 0 Å². The topological polar surface area (TPSA) is 40.5 Å². The van der Waals surface area contributed by atoms with Gasteiger partial charge in [-0.15, -0.1) is 0 Å². The maximum atomic E-state index is 10.6. The molecule has 3 saturated carbocycles. The Kier molecular flexibility index (Phi) is 2.56. The van der Waals surface area contributed by atoms with Gasteiger partial charge in [0.15, 0.2) is 0 Å². The number of fused-ring (bicyclic) bond motifs is 2. The van der Waals surface area contributed by atoms with Crippen molar-refractivity contribution in [2.24, 2.45) is 11.8 Å². The summed E-state index contributed by atoms with van der Waals surface area (Å²) in [6.07, 6.45) is 10.7. The fraction of sp³-hybridized carbons (Fsp3) is 1.00. The van der Waals surface area contributed by atoms with Gasteiger partial charge in [0, 0.05) is 0 Å². The minimum absolute atomic E-state index is 0.371. The van der Waals surface area contributed by atoms with E-state index < -0.39 is 0 Å². The summed E-state index contributed by atoms with van der Waals surface area (Å²) < 4.78 is 0. The van der Waals surface area contributed by atoms with Crippen molar-refractivity contribution in [2.75, 3.05) is 0 Å². The summed E-state index contributed by atoms with van der Waals surface area (Å²) in [6, 6.07) is 0. The molecule has 2 nitrogen and oxygen atoms in total. The molecule has 0 saturated heterocycles. The Morgan fingerprint density at radius 3 is 1.62 bits per heavy atom. The Bertz CT molecular complexity index is 252. The summed E-state index contributed by atoms with van der Waals surface area (Å²) in [7, 11) is 0. The van der Waals surface area contributed by atoms with Gasteiger partial charge in [0.25, 0.3) is 0 Å². The van der Waals surface area contributed by atoms with Gasteiger partial charge in [0.05, 0.1) is 11.2 Å². The first-order chi connectivity index (χ1) is 7.62. The molecule has 0 aromatic rings. The lowest BCUT2D eigenvalue weighted by atomic mass is 9.71. The van der Waals surface area contributed by atoms with Crippen molar-refractivity contribution in [3.8, 4) is 0 Å². The van der Waals surface area contributed by atoms with E-state index in [4.69, 9.17) is 0 Å². The van der Waals surface area contributed by atoms with E-state index in [0.717, 1.165) is 38.5 Å². The van der Waals surface area contributed by atoms with Gasteiger partial charge >= 0.3 is 0 Å². The summed E-state index contributed by atoms with van der Waals surface area (Å²) in [5.74, 6) is 0.949. The molecule has 0 bridgehead atoms. The van der Waals surface area contributed by atoms with Crippen molar-refractivity contribution in [1.29, 1.82) is 0 Å². The SMILES string of the molecule is O[C@@]12CCC[C@H]1C[C@@H]1CCC[C@]1(O)CCC2. The summed E-state index contributed by atoms with van der Waals surface area (Å²) in [5, 5.41) is 21.3. The van der Waals surface area contributed by atoms with Gasteiger partial charge in [0.2, 0.25) is 0 Å². The van der Waals surface area contributed by atoms with Gasteiger partial charge in [-0.3, -0.25) is 0 Å². The standard InChI is InChI=1S/C14H24O2/c15-13-6-1-4-11(13)10-12-5-2-7-14(12,16)9-3-8-13/h11-12,15-16H,1-10H2/t11-,12-,13-,14+/m0/s1. The van der Waals surface area contributed by atoms with E-state index in [9.17, 15) is 10.2 Å². The lowest BCUT2D eigenvalue weighted by Crippen LogP contribution is -2.42. The Balaban J connectivity index is 1.81. The summed E-state index contributed by atoms with van der Waals surface area (Å²) >= 11 is 0. The largest absolute Gasteiger partial charge is 0.390 e. The van der Waals surface area contributed by atoms with Gasteiger partial charge in [-0.05, 0) is 63.2 Å². The molecule has 16 heavy (non-hydrogen) atoms. The van der Waals surface area contributed by atoms with Crippen LogP contribution in [0, 0.1) is 11.8 Å². The maximum absolute atomic E-state index is 10.6. The lowest BCUT2D eigenvalue weighted by molar-refractivity contribution is -0.0731. The fourth-order valence-corrected chi connectivity index (χ4v) is 4.63. The third-order valence-electron chi connectivity index (χ3n) is 5.63. The van der Waals surface area contributed by atoms with Crippen molar-refractivity contribution in [3.63, 3.8) is 0 Å². The molecule has 92 valence electrons. The van der Waals surface area contributed by atoms with Crippen LogP contribution in [0.1, 0.15) is 64.2 Å². The molecule has 0 spiro atoms. The summed E-state index contributed by atoms with van der Waals surface area (Å²) in [4.78, 5) is 0. The van der Waals surface area contributed by atoms with Crippen molar-refractivity contribution in [1.82, 2.24) is 0 Å². The molecule has 3 fully saturated rings. The highest BCUT2D eigenvalue weighted by Crippen LogP contribution is 2.51. The van der Waals surface area contributed by atoms with Crippen LogP contribution in [0.5, 0.6) is 0 Å². The number of hydrogen-bond acceptors (Lipinski definition) is 2. The number of aliphatic hydroxyl groups is 2. The molecule has 0 aliphatic heterocycles. The molecule has 0 amide bonds. The van der Waals surface area contributed by atoms with E-state index in [1.807, 2.05) is 0 Å². The average molecular weight is 224 g/mol. The van der Waals surface area contributed by atoms with Crippen molar-refractivity contribution >= 4 is 0 Å². The quantitative estimate of drug-likeness (QED) is 0.664. The molecule has 0 aromatic carbocycles. The van der Waals surface area contributed by atoms with Crippen molar-refractivity contribution < 1.29 is 10.2 Å². The zero-order valence-corrected chi connectivity index (χ0v) is 10.1. The van der Waals surface area contributed by atoms with Crippen LogP contribution in [0.2, 0.25) is 0 Å². The Hall–Kier alpha value is -0.0800. The third kappa shape index (κ3) is 1.62. The van der Waals surface area contributed by atoms with E-state index >= 15 is 0 Å². The highest BCUT2D eigenvalue weighted by Gasteiger charge is 2.49. The van der Waals surface area contributed by atoms with Crippen LogP contribution in [-0.4, -0.2) is 21.4 Å². The van der Waals surface area contributed by atoms with Gasteiger partial charge in [-0.1, -0.05) is 12.8 Å². The average Bonchev–Trinajstić information content (AvgIpc) is 2.73. The minimum Gasteiger partial charge on any atom is -0.390 e. The summed E-state index contributed by atoms with van der Waals surface area (Å²) in [6.45, 7) is 0. The van der Waals surface area contributed by atoms with Crippen LogP contribution in [0.3, 0.4) is 0 Å². The van der Waals surface area contributed by atoms with E-state index in [1.54, 1.807) is 0 Å². The van der Waals surface area contributed by atoms with Crippen LogP contribution in [-0.2, 0) is 0 Å². The molecule has 4 atom stereocenters. The molecule has 2 N–H and O–H groups in total. The highest BCUT2D eigenvalue weighted by atomic mass is 16.3. The Labute approximate surface area is 98.1 Å². The van der Waals surface area contributed by atoms with Crippen LogP contribution >= 0.6 is 0 Å². The van der Waals surface area contributed by atoms with E-state index in [-0.39, 0.29) is 11.2 Å². The summed E-state index contributed by atoms with van der Waals surface area (Å²) in [5.41, 5.74) is -0.742. The monoisotopic (exact) mass is 224 g/mol. The van der Waals surface area contributed by atoms with Gasteiger partial charge in [-0.25, -0.2) is 0 Å². The number of rotatable bonds is 0. The number of hydrogen-bond donors (Lipinski definition) is 2. The Morgan fingerprint density at radius 2 is 1.12 bits per heavy atom. The lowest BCUT2D eigenvalue weighted by Gasteiger charge is -2.40. The fourth-order valence-electron chi connectivity index (χ4n) is 4.63. The zero-order chi connectivity index (χ0) is 11.2. The molecule has 0 heterocycles. The normalized spacial score (nSPS) is 52.9. The predicted octanol–water partition coefficient (Wildman–Crippen LogP) is 2.62. The predicted molar refractivity (Wildman–Crippen MR) is 63.0 cm³/mol. The van der Waals surface area contributed by atoms with Gasteiger partial charge < -0.3 is 10.2 Å². The molecule has 3 rings (SSSR count). The van der Waals surface area contributed by atoms with Crippen LogP contribution < -0.4 is 0 Å². The van der Waals surface area contributed by atoms with Crippen LogP contribution in [0.4, 0.5) is 0 Å². The molecule has 2 heteroatoms. The zero-order valence-electron chi connectivity index (χ0n) is 10.1. The second-order valence-corrected chi connectivity index (χ2v) is 6.47. The van der Waals surface area contributed by atoms with Crippen LogP contribution in [0.15, 0.2) is 0 Å². The third-order valence-corrected chi connectivity index (χ3v) is 5.63. The molecule has 3 aliphatic rings. The highest BCUT2D eigenvalue weighted by molar-refractivity contribution is 5.01.